The number of thioether (sulfide) groups is 1. The molecule has 0 aliphatic heterocycles. The summed E-state index contributed by atoms with van der Waals surface area (Å²) in [6, 6.07) is 7.89. The molecule has 4 aromatic heterocycles. The number of fused-ring (bicyclic) bond motifs is 1. The Morgan fingerprint density at radius 1 is 1.20 bits per heavy atom. The lowest BCUT2D eigenvalue weighted by molar-refractivity contribution is -0.132. The topological polar surface area (TPSA) is 76.5 Å². The lowest BCUT2D eigenvalue weighted by atomic mass is 10.1. The van der Waals surface area contributed by atoms with Gasteiger partial charge in [0, 0.05) is 26.7 Å². The van der Waals surface area contributed by atoms with E-state index in [4.69, 9.17) is 4.42 Å². The van der Waals surface area contributed by atoms with Crippen molar-refractivity contribution in [2.45, 2.75) is 45.4 Å². The summed E-state index contributed by atoms with van der Waals surface area (Å²) in [5, 5.41) is 5.15. The molecule has 9 heteroatoms. The lowest BCUT2D eigenvalue weighted by Crippen LogP contribution is -2.31. The first kappa shape index (κ1) is 20.6. The first-order chi connectivity index (χ1) is 14.4. The molecule has 7 nitrogen and oxygen atoms in total. The van der Waals surface area contributed by atoms with Gasteiger partial charge in [-0.05, 0) is 51.3 Å². The van der Waals surface area contributed by atoms with E-state index in [-0.39, 0.29) is 12.3 Å². The molecular formula is C21H23N5O2S2. The Morgan fingerprint density at radius 2 is 2.03 bits per heavy atom. The van der Waals surface area contributed by atoms with Crippen LogP contribution >= 0.6 is 23.1 Å². The summed E-state index contributed by atoms with van der Waals surface area (Å²) in [6.45, 7) is 6.93. The molecule has 0 spiro atoms. The summed E-state index contributed by atoms with van der Waals surface area (Å²) >= 11 is 3.18. The van der Waals surface area contributed by atoms with Crippen molar-refractivity contribution < 1.29 is 9.21 Å². The average Bonchev–Trinajstić information content (AvgIpc) is 3.46. The molecular weight excluding hydrogens is 418 g/mol. The summed E-state index contributed by atoms with van der Waals surface area (Å²) in [7, 11) is 0. The summed E-state index contributed by atoms with van der Waals surface area (Å²) < 4.78 is 7.22. The maximum absolute atomic E-state index is 13.4. The molecule has 0 aromatic carbocycles. The monoisotopic (exact) mass is 441 g/mol. The normalized spacial score (nSPS) is 11.3. The summed E-state index contributed by atoms with van der Waals surface area (Å²) in [5.74, 6) is 1.35. The number of aromatic nitrogens is 4. The SMILES string of the molecule is CSc1nc2nc(C)c(CC(=O)N(Cc3ccco3)Cc3ccc(C)s3)c(C)n2n1. The Morgan fingerprint density at radius 3 is 2.70 bits per heavy atom. The van der Waals surface area contributed by atoms with Gasteiger partial charge in [-0.15, -0.1) is 16.4 Å². The van der Waals surface area contributed by atoms with E-state index >= 15 is 0 Å². The Bertz CT molecular complexity index is 1180. The maximum atomic E-state index is 13.4. The van der Waals surface area contributed by atoms with Crippen LogP contribution in [0, 0.1) is 20.8 Å². The van der Waals surface area contributed by atoms with E-state index in [2.05, 4.69) is 34.1 Å². The van der Waals surface area contributed by atoms with Gasteiger partial charge in [0.25, 0.3) is 5.78 Å². The minimum atomic E-state index is 0.0232. The van der Waals surface area contributed by atoms with Crippen LogP contribution in [0.2, 0.25) is 0 Å². The minimum Gasteiger partial charge on any atom is -0.467 e. The number of furan rings is 1. The zero-order valence-electron chi connectivity index (χ0n) is 17.4. The molecule has 0 aliphatic carbocycles. The fraction of sp³-hybridized carbons (Fsp3) is 0.333. The molecule has 4 rings (SSSR count). The second-order valence-corrected chi connectivity index (χ2v) is 9.24. The van der Waals surface area contributed by atoms with Crippen LogP contribution in [0.4, 0.5) is 0 Å². The number of thiophene rings is 1. The van der Waals surface area contributed by atoms with Gasteiger partial charge in [0.15, 0.2) is 0 Å². The van der Waals surface area contributed by atoms with Crippen LogP contribution in [0.3, 0.4) is 0 Å². The van der Waals surface area contributed by atoms with Crippen LogP contribution in [-0.2, 0) is 24.3 Å². The summed E-state index contributed by atoms with van der Waals surface area (Å²) in [6.07, 6.45) is 3.81. The highest BCUT2D eigenvalue weighted by atomic mass is 32.2. The van der Waals surface area contributed by atoms with Crippen LogP contribution in [0.15, 0.2) is 40.1 Å². The smallest absolute Gasteiger partial charge is 0.253 e. The highest BCUT2D eigenvalue weighted by molar-refractivity contribution is 7.98. The Kier molecular flexibility index (Phi) is 5.92. The molecule has 0 atom stereocenters. The molecule has 0 saturated carbocycles. The Hall–Kier alpha value is -2.65. The molecule has 0 aliphatic rings. The third kappa shape index (κ3) is 4.27. The van der Waals surface area contributed by atoms with E-state index in [9.17, 15) is 4.79 Å². The number of amides is 1. The molecule has 30 heavy (non-hydrogen) atoms. The van der Waals surface area contributed by atoms with Crippen LogP contribution in [0.25, 0.3) is 5.78 Å². The molecule has 0 saturated heterocycles. The van der Waals surface area contributed by atoms with Gasteiger partial charge in [-0.25, -0.2) is 9.50 Å². The van der Waals surface area contributed by atoms with Gasteiger partial charge in [-0.2, -0.15) is 4.98 Å². The molecule has 0 bridgehead atoms. The summed E-state index contributed by atoms with van der Waals surface area (Å²) in [4.78, 5) is 26.6. The molecule has 4 aromatic rings. The zero-order chi connectivity index (χ0) is 21.3. The predicted molar refractivity (Wildman–Crippen MR) is 118 cm³/mol. The average molecular weight is 442 g/mol. The molecule has 4 heterocycles. The van der Waals surface area contributed by atoms with Crippen molar-refractivity contribution in [3.8, 4) is 0 Å². The number of aryl methyl sites for hydroxylation is 3. The lowest BCUT2D eigenvalue weighted by Gasteiger charge is -2.22. The third-order valence-corrected chi connectivity index (χ3v) is 6.49. The van der Waals surface area contributed by atoms with E-state index in [1.54, 1.807) is 22.1 Å². The number of hydrogen-bond donors (Lipinski definition) is 0. The number of hydrogen-bond acceptors (Lipinski definition) is 7. The fourth-order valence-electron chi connectivity index (χ4n) is 3.38. The van der Waals surface area contributed by atoms with Gasteiger partial charge in [0.1, 0.15) is 5.76 Å². The standard InChI is InChI=1S/C21H23N5O2S2/c1-13-7-8-17(30-13)12-25(11-16-6-5-9-28-16)19(27)10-18-14(2)22-20-23-21(29-4)24-26(20)15(18)3/h5-9H,10-12H2,1-4H3. The molecule has 0 radical (unpaired) electrons. The maximum Gasteiger partial charge on any atom is 0.253 e. The molecule has 156 valence electrons. The second kappa shape index (κ2) is 8.61. The van der Waals surface area contributed by atoms with E-state index in [0.717, 1.165) is 27.6 Å². The minimum absolute atomic E-state index is 0.0232. The van der Waals surface area contributed by atoms with E-state index in [0.29, 0.717) is 24.0 Å². The van der Waals surface area contributed by atoms with Crippen LogP contribution in [-0.4, -0.2) is 36.6 Å². The van der Waals surface area contributed by atoms with Gasteiger partial charge in [-0.1, -0.05) is 11.8 Å². The van der Waals surface area contributed by atoms with Gasteiger partial charge < -0.3 is 9.32 Å². The first-order valence-electron chi connectivity index (χ1n) is 9.57. The largest absolute Gasteiger partial charge is 0.467 e. The second-order valence-electron chi connectivity index (χ2n) is 7.09. The van der Waals surface area contributed by atoms with Crippen molar-refractivity contribution in [3.05, 3.63) is 63.0 Å². The van der Waals surface area contributed by atoms with E-state index in [1.165, 1.54) is 16.6 Å². The van der Waals surface area contributed by atoms with Crippen LogP contribution in [0.5, 0.6) is 0 Å². The molecule has 0 N–H and O–H groups in total. The zero-order valence-corrected chi connectivity index (χ0v) is 19.0. The van der Waals surface area contributed by atoms with Crippen molar-refractivity contribution in [1.82, 2.24) is 24.5 Å². The van der Waals surface area contributed by atoms with Crippen molar-refractivity contribution in [3.63, 3.8) is 0 Å². The van der Waals surface area contributed by atoms with E-state index in [1.807, 2.05) is 37.1 Å². The third-order valence-electron chi connectivity index (χ3n) is 4.96. The fourth-order valence-corrected chi connectivity index (χ4v) is 4.62. The van der Waals surface area contributed by atoms with Crippen molar-refractivity contribution in [2.24, 2.45) is 0 Å². The Balaban J connectivity index is 1.62. The van der Waals surface area contributed by atoms with E-state index < -0.39 is 0 Å². The highest BCUT2D eigenvalue weighted by Gasteiger charge is 2.21. The predicted octanol–water partition coefficient (Wildman–Crippen LogP) is 4.20. The van der Waals surface area contributed by atoms with Crippen LogP contribution in [0.1, 0.15) is 32.5 Å². The molecule has 1 amide bonds. The van der Waals surface area contributed by atoms with Crippen molar-refractivity contribution in [2.75, 3.05) is 6.26 Å². The van der Waals surface area contributed by atoms with Gasteiger partial charge >= 0.3 is 0 Å². The summed E-state index contributed by atoms with van der Waals surface area (Å²) in [5.41, 5.74) is 2.58. The number of carbonyl (C=O) groups is 1. The van der Waals surface area contributed by atoms with Crippen LogP contribution < -0.4 is 0 Å². The Labute approximate surface area is 183 Å². The van der Waals surface area contributed by atoms with Crippen molar-refractivity contribution >= 4 is 34.8 Å². The van der Waals surface area contributed by atoms with Gasteiger partial charge in [0.05, 0.1) is 25.8 Å². The molecule has 0 fully saturated rings. The van der Waals surface area contributed by atoms with Gasteiger partial charge in [-0.3, -0.25) is 4.79 Å². The highest BCUT2D eigenvalue weighted by Crippen LogP contribution is 2.22. The first-order valence-corrected chi connectivity index (χ1v) is 11.6. The number of carbonyl (C=O) groups excluding carboxylic acids is 1. The molecule has 0 unspecified atom stereocenters. The number of rotatable bonds is 7. The van der Waals surface area contributed by atoms with Gasteiger partial charge in [0.2, 0.25) is 11.1 Å². The quantitative estimate of drug-likeness (QED) is 0.400. The number of nitrogens with zero attached hydrogens (tertiary/aromatic N) is 5. The van der Waals surface area contributed by atoms with Crippen molar-refractivity contribution in [1.29, 1.82) is 0 Å².